The number of nitrogens with zero attached hydrogens (tertiary/aromatic N) is 1. The summed E-state index contributed by atoms with van der Waals surface area (Å²) in [6, 6.07) is 14.3. The van der Waals surface area contributed by atoms with Gasteiger partial charge in [0, 0.05) is 3.57 Å². The van der Waals surface area contributed by atoms with Gasteiger partial charge in [-0.3, -0.25) is 0 Å². The molecule has 0 spiro atoms. The number of hydrogen-bond acceptors (Lipinski definition) is 3. The van der Waals surface area contributed by atoms with Crippen LogP contribution in [0.15, 0.2) is 58.5 Å². The zero-order valence-electron chi connectivity index (χ0n) is 11.7. The topological polar surface area (TPSA) is 58.5 Å². The summed E-state index contributed by atoms with van der Waals surface area (Å²) in [5, 5.41) is 3.98. The van der Waals surface area contributed by atoms with Crippen LogP contribution in [0.4, 0.5) is 0 Å². The molecule has 0 aliphatic rings. The summed E-state index contributed by atoms with van der Waals surface area (Å²) in [4.78, 5) is 2.47. The average Bonchev–Trinajstić information content (AvgIpc) is 2.45. The van der Waals surface area contributed by atoms with Gasteiger partial charge >= 0.3 is 0 Å². The van der Waals surface area contributed by atoms with Crippen molar-refractivity contribution >= 4 is 38.3 Å². The molecule has 110 valence electrons. The number of nitrogens with one attached hydrogen (secondary N) is 1. The van der Waals surface area contributed by atoms with Crippen molar-refractivity contribution < 1.29 is 8.42 Å². The molecule has 0 radical (unpaired) electrons. The molecule has 2 aromatic rings. The van der Waals surface area contributed by atoms with Crippen LogP contribution in [-0.2, 0) is 10.0 Å². The number of halogens is 1. The lowest BCUT2D eigenvalue weighted by molar-refractivity contribution is 0.584. The third-order valence-electron chi connectivity index (χ3n) is 2.91. The Morgan fingerprint density at radius 3 is 2.43 bits per heavy atom. The van der Waals surface area contributed by atoms with Crippen LogP contribution in [0, 0.1) is 10.5 Å². The highest BCUT2D eigenvalue weighted by Crippen LogP contribution is 2.11. The number of benzene rings is 2. The van der Waals surface area contributed by atoms with E-state index in [0.29, 0.717) is 5.71 Å². The van der Waals surface area contributed by atoms with Crippen LogP contribution in [0.5, 0.6) is 0 Å². The lowest BCUT2D eigenvalue weighted by Gasteiger charge is -2.06. The fourth-order valence-corrected chi connectivity index (χ4v) is 3.08. The van der Waals surface area contributed by atoms with E-state index >= 15 is 0 Å². The summed E-state index contributed by atoms with van der Waals surface area (Å²) in [6.45, 7) is 3.67. The summed E-state index contributed by atoms with van der Waals surface area (Å²) in [7, 11) is -3.63. The average molecular weight is 414 g/mol. The van der Waals surface area contributed by atoms with Crippen LogP contribution < -0.4 is 4.83 Å². The van der Waals surface area contributed by atoms with Gasteiger partial charge in [0.15, 0.2) is 0 Å². The molecular formula is C15H15IN2O2S. The molecule has 2 rings (SSSR count). The second-order valence-electron chi connectivity index (χ2n) is 4.62. The van der Waals surface area contributed by atoms with Crippen LogP contribution in [0.3, 0.4) is 0 Å². The van der Waals surface area contributed by atoms with E-state index in [1.54, 1.807) is 31.2 Å². The molecule has 0 amide bonds. The number of aryl methyl sites for hydroxylation is 1. The number of hydrogen-bond donors (Lipinski definition) is 1. The van der Waals surface area contributed by atoms with Crippen LogP contribution >= 0.6 is 22.6 Å². The first-order valence-electron chi connectivity index (χ1n) is 6.27. The van der Waals surface area contributed by atoms with E-state index in [4.69, 9.17) is 0 Å². The van der Waals surface area contributed by atoms with E-state index in [1.165, 1.54) is 0 Å². The second kappa shape index (κ2) is 6.57. The summed E-state index contributed by atoms with van der Waals surface area (Å²) >= 11 is 2.20. The fraction of sp³-hybridized carbons (Fsp3) is 0.133. The highest BCUT2D eigenvalue weighted by atomic mass is 127. The van der Waals surface area contributed by atoms with Gasteiger partial charge in [-0.2, -0.15) is 18.4 Å². The van der Waals surface area contributed by atoms with Gasteiger partial charge in [0.1, 0.15) is 0 Å². The van der Waals surface area contributed by atoms with Crippen LogP contribution in [0.1, 0.15) is 18.1 Å². The molecule has 0 heterocycles. The maximum Gasteiger partial charge on any atom is 0.276 e. The first-order valence-corrected chi connectivity index (χ1v) is 8.83. The first-order chi connectivity index (χ1) is 9.88. The van der Waals surface area contributed by atoms with Crippen molar-refractivity contribution in [2.24, 2.45) is 5.10 Å². The van der Waals surface area contributed by atoms with Crippen LogP contribution in [0.2, 0.25) is 0 Å². The Bertz CT molecular complexity index is 769. The van der Waals surface area contributed by atoms with Gasteiger partial charge in [-0.05, 0) is 66.3 Å². The fourth-order valence-electron chi connectivity index (χ4n) is 1.68. The van der Waals surface area contributed by atoms with Gasteiger partial charge in [-0.1, -0.05) is 29.8 Å². The molecule has 21 heavy (non-hydrogen) atoms. The van der Waals surface area contributed by atoms with Crippen molar-refractivity contribution in [1.82, 2.24) is 4.83 Å². The zero-order valence-corrected chi connectivity index (χ0v) is 14.6. The Hall–Kier alpha value is -1.41. The lowest BCUT2D eigenvalue weighted by Crippen LogP contribution is -2.20. The zero-order chi connectivity index (χ0) is 15.5. The predicted molar refractivity (Wildman–Crippen MR) is 92.9 cm³/mol. The number of hydrazone groups is 1. The predicted octanol–water partition coefficient (Wildman–Crippen LogP) is 3.30. The largest absolute Gasteiger partial charge is 0.276 e. The molecule has 4 nitrogen and oxygen atoms in total. The minimum Gasteiger partial charge on any atom is -0.200 e. The molecule has 2 aromatic carbocycles. The van der Waals surface area contributed by atoms with E-state index in [0.717, 1.165) is 14.7 Å². The molecule has 0 bridgehead atoms. The standard InChI is InChI=1S/C15H15IN2O2S/c1-11-6-8-15(9-7-11)21(19,20)18-17-12(2)13-4-3-5-14(16)10-13/h3-10,18H,1-2H3/b17-12+. The van der Waals surface area contributed by atoms with Gasteiger partial charge in [-0.25, -0.2) is 0 Å². The third-order valence-corrected chi connectivity index (χ3v) is 4.80. The van der Waals surface area contributed by atoms with Crippen molar-refractivity contribution in [3.8, 4) is 0 Å². The molecule has 0 atom stereocenters. The SMILES string of the molecule is C/C(=N\NS(=O)(=O)c1ccc(C)cc1)c1cccc(I)c1. The van der Waals surface area contributed by atoms with Gasteiger partial charge in [0.05, 0.1) is 10.6 Å². The summed E-state index contributed by atoms with van der Waals surface area (Å²) < 4.78 is 25.3. The molecule has 0 saturated carbocycles. The highest BCUT2D eigenvalue weighted by Gasteiger charge is 2.12. The highest BCUT2D eigenvalue weighted by molar-refractivity contribution is 14.1. The minimum absolute atomic E-state index is 0.201. The van der Waals surface area contributed by atoms with Gasteiger partial charge in [-0.15, -0.1) is 0 Å². The summed E-state index contributed by atoms with van der Waals surface area (Å²) in [5.74, 6) is 0. The molecule has 0 unspecified atom stereocenters. The quantitative estimate of drug-likeness (QED) is 0.474. The second-order valence-corrected chi connectivity index (χ2v) is 7.52. The molecule has 0 fully saturated rings. The van der Waals surface area contributed by atoms with Crippen LogP contribution in [0.25, 0.3) is 0 Å². The van der Waals surface area contributed by atoms with E-state index in [1.807, 2.05) is 31.2 Å². The van der Waals surface area contributed by atoms with E-state index in [2.05, 4.69) is 32.5 Å². The number of rotatable bonds is 4. The van der Waals surface area contributed by atoms with E-state index in [9.17, 15) is 8.42 Å². The van der Waals surface area contributed by atoms with E-state index in [-0.39, 0.29) is 4.90 Å². The van der Waals surface area contributed by atoms with Gasteiger partial charge in [0.25, 0.3) is 10.0 Å². The third kappa shape index (κ3) is 4.28. The molecule has 0 aromatic heterocycles. The smallest absolute Gasteiger partial charge is 0.200 e. The number of sulfonamides is 1. The van der Waals surface area contributed by atoms with Crippen molar-refractivity contribution in [1.29, 1.82) is 0 Å². The lowest BCUT2D eigenvalue weighted by atomic mass is 10.1. The molecule has 6 heteroatoms. The van der Waals surface area contributed by atoms with Crippen molar-refractivity contribution in [2.75, 3.05) is 0 Å². The van der Waals surface area contributed by atoms with Crippen molar-refractivity contribution in [2.45, 2.75) is 18.7 Å². The van der Waals surface area contributed by atoms with E-state index < -0.39 is 10.0 Å². The minimum atomic E-state index is -3.63. The molecular weight excluding hydrogens is 399 g/mol. The first kappa shape index (κ1) is 16.0. The van der Waals surface area contributed by atoms with Crippen molar-refractivity contribution in [3.63, 3.8) is 0 Å². The summed E-state index contributed by atoms with van der Waals surface area (Å²) in [5.41, 5.74) is 2.50. The molecule has 0 aliphatic heterocycles. The maximum atomic E-state index is 12.1. The Morgan fingerprint density at radius 1 is 1.14 bits per heavy atom. The van der Waals surface area contributed by atoms with Crippen LogP contribution in [-0.4, -0.2) is 14.1 Å². The normalized spacial score (nSPS) is 12.2. The Kier molecular flexibility index (Phi) is 5.00. The maximum absolute atomic E-state index is 12.1. The van der Waals surface area contributed by atoms with Gasteiger partial charge in [0.2, 0.25) is 0 Å². The monoisotopic (exact) mass is 414 g/mol. The van der Waals surface area contributed by atoms with Crippen molar-refractivity contribution in [3.05, 3.63) is 63.2 Å². The molecule has 0 aliphatic carbocycles. The Labute approximate surface area is 138 Å². The molecule has 0 saturated heterocycles. The van der Waals surface area contributed by atoms with Gasteiger partial charge < -0.3 is 0 Å². The summed E-state index contributed by atoms with van der Waals surface area (Å²) in [6.07, 6.45) is 0. The Morgan fingerprint density at radius 2 is 1.81 bits per heavy atom. The molecule has 1 N–H and O–H groups in total. The Balaban J connectivity index is 2.21.